The van der Waals surface area contributed by atoms with Crippen molar-refractivity contribution in [3.05, 3.63) is 42.0 Å². The van der Waals surface area contributed by atoms with E-state index in [1.807, 2.05) is 19.1 Å². The van der Waals surface area contributed by atoms with E-state index in [1.54, 1.807) is 45.0 Å². The Balaban J connectivity index is 1.52. The van der Waals surface area contributed by atoms with Crippen LogP contribution < -0.4 is 20.1 Å². The summed E-state index contributed by atoms with van der Waals surface area (Å²) in [5.74, 6) is -2.16. The van der Waals surface area contributed by atoms with Gasteiger partial charge in [0.25, 0.3) is 5.91 Å². The van der Waals surface area contributed by atoms with Crippen molar-refractivity contribution >= 4 is 39.7 Å². The van der Waals surface area contributed by atoms with Crippen molar-refractivity contribution in [2.75, 3.05) is 11.3 Å². The highest BCUT2D eigenvalue weighted by molar-refractivity contribution is 7.91. The SMILES string of the molecule is CCc1ccc(NS(=O)(=O)NC(=O)[C@@]23C[C@H]2/C=C\CCCCC[C@H](NC(=O)OC(C)(C)C)C(=O)N2CCC[C@H]2C(=O)N3)cc1. The third-order valence-electron chi connectivity index (χ3n) is 8.17. The van der Waals surface area contributed by atoms with Crippen LogP contribution in [0.15, 0.2) is 36.4 Å². The van der Waals surface area contributed by atoms with Crippen molar-refractivity contribution in [3.63, 3.8) is 0 Å². The van der Waals surface area contributed by atoms with Gasteiger partial charge in [-0.2, -0.15) is 8.42 Å². The number of allylic oxidation sites excluding steroid dienone is 1. The molecule has 1 aromatic carbocycles. The van der Waals surface area contributed by atoms with E-state index >= 15 is 0 Å². The van der Waals surface area contributed by atoms with Crippen molar-refractivity contribution in [1.82, 2.24) is 20.3 Å². The standard InChI is InChI=1S/C31H45N5O7S/c1-5-21-15-17-23(18-16-21)34-44(41,42)35-28(39)31-20-22(31)12-9-7-6-8-10-13-24(32-29(40)43-30(2,3)4)27(38)36-19-11-14-25(36)26(37)33-31/h9,12,15-18,22,24-25,34H,5-8,10-11,13-14,19-20H2,1-4H3,(H,32,40)(H,33,37)(H,35,39)/b12-9-/t22-,24+,25+,31-/m1/s1. The van der Waals surface area contributed by atoms with Crippen LogP contribution in [0.4, 0.5) is 10.5 Å². The fraction of sp³-hybridized carbons (Fsp3) is 0.613. The van der Waals surface area contributed by atoms with Crippen molar-refractivity contribution in [1.29, 1.82) is 0 Å². The molecule has 0 radical (unpaired) electrons. The fourth-order valence-corrected chi connectivity index (χ4v) is 6.67. The van der Waals surface area contributed by atoms with Crippen molar-refractivity contribution < 1.29 is 32.3 Å². The molecular formula is C31H45N5O7S. The van der Waals surface area contributed by atoms with Crippen molar-refractivity contribution in [2.45, 2.75) is 109 Å². The Hall–Kier alpha value is -3.61. The lowest BCUT2D eigenvalue weighted by Gasteiger charge is -2.30. The highest BCUT2D eigenvalue weighted by Crippen LogP contribution is 2.45. The molecule has 242 valence electrons. The number of anilines is 1. The van der Waals surface area contributed by atoms with Gasteiger partial charge in [-0.25, -0.2) is 9.52 Å². The summed E-state index contributed by atoms with van der Waals surface area (Å²) in [5.41, 5.74) is -0.880. The quantitative estimate of drug-likeness (QED) is 0.350. The van der Waals surface area contributed by atoms with Gasteiger partial charge in [-0.05, 0) is 83.4 Å². The third-order valence-corrected chi connectivity index (χ3v) is 9.13. The largest absolute Gasteiger partial charge is 0.444 e. The van der Waals surface area contributed by atoms with E-state index in [-0.39, 0.29) is 12.3 Å². The van der Waals surface area contributed by atoms with E-state index in [2.05, 4.69) is 20.1 Å². The second-order valence-electron chi connectivity index (χ2n) is 12.8. The van der Waals surface area contributed by atoms with Crippen LogP contribution in [0.25, 0.3) is 0 Å². The lowest BCUT2D eigenvalue weighted by atomic mass is 10.0. The van der Waals surface area contributed by atoms with Crippen LogP contribution in [0, 0.1) is 5.92 Å². The minimum absolute atomic E-state index is 0.227. The first-order chi connectivity index (χ1) is 20.7. The van der Waals surface area contributed by atoms with E-state index in [0.29, 0.717) is 44.3 Å². The molecule has 0 bridgehead atoms. The monoisotopic (exact) mass is 631 g/mol. The molecule has 0 aromatic heterocycles. The van der Waals surface area contributed by atoms with Crippen LogP contribution in [-0.4, -0.2) is 66.9 Å². The number of fused-ring (bicyclic) bond motifs is 2. The summed E-state index contributed by atoms with van der Waals surface area (Å²) in [6, 6.07) is 5.09. The predicted octanol–water partition coefficient (Wildman–Crippen LogP) is 3.30. The van der Waals surface area contributed by atoms with Gasteiger partial charge in [0, 0.05) is 12.5 Å². The fourth-order valence-electron chi connectivity index (χ4n) is 5.75. The molecule has 44 heavy (non-hydrogen) atoms. The molecule has 2 aliphatic heterocycles. The molecule has 1 aliphatic carbocycles. The molecule has 13 heteroatoms. The minimum Gasteiger partial charge on any atom is -0.444 e. The zero-order chi connectivity index (χ0) is 32.1. The second kappa shape index (κ2) is 13.6. The first-order valence-corrected chi connectivity index (χ1v) is 16.9. The molecule has 0 spiro atoms. The number of nitrogens with zero attached hydrogens (tertiary/aromatic N) is 1. The third kappa shape index (κ3) is 8.52. The lowest BCUT2D eigenvalue weighted by Crippen LogP contribution is -2.58. The highest BCUT2D eigenvalue weighted by Gasteiger charge is 2.61. The summed E-state index contributed by atoms with van der Waals surface area (Å²) < 4.78 is 35.7. The van der Waals surface area contributed by atoms with Gasteiger partial charge in [0.2, 0.25) is 11.8 Å². The van der Waals surface area contributed by atoms with Gasteiger partial charge in [0.15, 0.2) is 0 Å². The van der Waals surface area contributed by atoms with E-state index in [0.717, 1.165) is 24.8 Å². The van der Waals surface area contributed by atoms with E-state index < -0.39 is 57.3 Å². The minimum atomic E-state index is -4.30. The van der Waals surface area contributed by atoms with Gasteiger partial charge in [0.05, 0.1) is 5.69 Å². The Morgan fingerprint density at radius 3 is 2.48 bits per heavy atom. The van der Waals surface area contributed by atoms with Gasteiger partial charge in [-0.1, -0.05) is 44.1 Å². The number of aryl methyl sites for hydroxylation is 1. The zero-order valence-electron chi connectivity index (χ0n) is 26.0. The molecule has 4 N–H and O–H groups in total. The molecular weight excluding hydrogens is 586 g/mol. The molecule has 4 rings (SSSR count). The molecule has 2 heterocycles. The number of benzene rings is 1. The van der Waals surface area contributed by atoms with Crippen LogP contribution in [0.1, 0.15) is 84.6 Å². The van der Waals surface area contributed by atoms with Crippen LogP contribution >= 0.6 is 0 Å². The van der Waals surface area contributed by atoms with Crippen LogP contribution in [0.2, 0.25) is 0 Å². The summed E-state index contributed by atoms with van der Waals surface area (Å²) in [6.45, 7) is 7.52. The average Bonchev–Trinajstić information content (AvgIpc) is 3.40. The van der Waals surface area contributed by atoms with Crippen LogP contribution in [0.5, 0.6) is 0 Å². The summed E-state index contributed by atoms with van der Waals surface area (Å²) in [7, 11) is -4.30. The maximum atomic E-state index is 13.7. The number of hydrogen-bond donors (Lipinski definition) is 4. The number of carbonyl (C=O) groups is 4. The number of alkyl carbamates (subject to hydrolysis) is 1. The number of rotatable bonds is 6. The Morgan fingerprint density at radius 2 is 1.80 bits per heavy atom. The maximum absolute atomic E-state index is 13.7. The van der Waals surface area contributed by atoms with Crippen molar-refractivity contribution in [3.8, 4) is 0 Å². The maximum Gasteiger partial charge on any atom is 0.408 e. The molecule has 3 aliphatic rings. The molecule has 2 fully saturated rings. The number of ether oxygens (including phenoxy) is 1. The van der Waals surface area contributed by atoms with E-state index in [1.165, 1.54) is 4.90 Å². The number of carbonyl (C=O) groups excluding carboxylic acids is 4. The lowest BCUT2D eigenvalue weighted by molar-refractivity contribution is -0.141. The first kappa shape index (κ1) is 33.3. The number of amides is 4. The number of hydrogen-bond acceptors (Lipinski definition) is 7. The highest BCUT2D eigenvalue weighted by atomic mass is 32.2. The smallest absolute Gasteiger partial charge is 0.408 e. The van der Waals surface area contributed by atoms with Crippen LogP contribution in [-0.2, 0) is 35.8 Å². The second-order valence-corrected chi connectivity index (χ2v) is 14.2. The van der Waals surface area contributed by atoms with Crippen molar-refractivity contribution in [2.24, 2.45) is 5.92 Å². The topological polar surface area (TPSA) is 163 Å². The van der Waals surface area contributed by atoms with E-state index in [4.69, 9.17) is 4.74 Å². The molecule has 1 saturated carbocycles. The molecule has 1 saturated heterocycles. The summed E-state index contributed by atoms with van der Waals surface area (Å²) in [5, 5.41) is 5.52. The number of nitrogens with one attached hydrogen (secondary N) is 4. The first-order valence-electron chi connectivity index (χ1n) is 15.5. The summed E-state index contributed by atoms with van der Waals surface area (Å²) >= 11 is 0. The zero-order valence-corrected chi connectivity index (χ0v) is 26.8. The van der Waals surface area contributed by atoms with Gasteiger partial charge >= 0.3 is 16.3 Å². The average molecular weight is 632 g/mol. The molecule has 4 atom stereocenters. The summed E-state index contributed by atoms with van der Waals surface area (Å²) in [4.78, 5) is 55.0. The molecule has 1 aromatic rings. The Morgan fingerprint density at radius 1 is 1.07 bits per heavy atom. The Bertz CT molecular complexity index is 1370. The van der Waals surface area contributed by atoms with Gasteiger partial charge < -0.3 is 20.3 Å². The predicted molar refractivity (Wildman–Crippen MR) is 166 cm³/mol. The van der Waals surface area contributed by atoms with Crippen LogP contribution in [0.3, 0.4) is 0 Å². The Labute approximate surface area is 259 Å². The summed E-state index contributed by atoms with van der Waals surface area (Å²) in [6.07, 6.45) is 8.49. The van der Waals surface area contributed by atoms with E-state index in [9.17, 15) is 27.6 Å². The van der Waals surface area contributed by atoms with Gasteiger partial charge in [0.1, 0.15) is 23.2 Å². The molecule has 0 unspecified atom stereocenters. The van der Waals surface area contributed by atoms with Gasteiger partial charge in [-0.15, -0.1) is 0 Å². The normalized spacial score (nSPS) is 27.0. The molecule has 4 amide bonds. The Kier molecular flexibility index (Phi) is 10.3. The molecule has 12 nitrogen and oxygen atoms in total. The van der Waals surface area contributed by atoms with Gasteiger partial charge in [-0.3, -0.25) is 19.1 Å².